The van der Waals surface area contributed by atoms with E-state index in [1.54, 1.807) is 0 Å². The first-order valence-corrected chi connectivity index (χ1v) is 6.63. The lowest BCUT2D eigenvalue weighted by atomic mass is 9.79. The molecule has 0 amide bonds. The summed E-state index contributed by atoms with van der Waals surface area (Å²) in [7, 11) is 0. The summed E-state index contributed by atoms with van der Waals surface area (Å²) in [4.78, 5) is 0. The van der Waals surface area contributed by atoms with Gasteiger partial charge in [0, 0.05) is 6.61 Å². The highest BCUT2D eigenvalue weighted by Crippen LogP contribution is 2.35. The molecule has 0 radical (unpaired) electrons. The van der Waals surface area contributed by atoms with Crippen molar-refractivity contribution in [3.8, 4) is 0 Å². The van der Waals surface area contributed by atoms with E-state index >= 15 is 0 Å². The van der Waals surface area contributed by atoms with Crippen molar-refractivity contribution in [1.82, 2.24) is 0 Å². The van der Waals surface area contributed by atoms with Gasteiger partial charge in [0.05, 0.1) is 6.61 Å². The maximum absolute atomic E-state index is 5.55. The molecule has 0 saturated heterocycles. The Morgan fingerprint density at radius 2 is 1.82 bits per heavy atom. The Balaban J connectivity index is 1.76. The highest BCUT2D eigenvalue weighted by atomic mass is 16.5. The highest BCUT2D eigenvalue weighted by molar-refractivity contribution is 5.19. The fourth-order valence-electron chi connectivity index (χ4n) is 2.71. The molecule has 0 bridgehead atoms. The summed E-state index contributed by atoms with van der Waals surface area (Å²) in [6.45, 7) is 5.27. The smallest absolute Gasteiger partial charge is 0.0644 e. The minimum Gasteiger partial charge on any atom is -0.377 e. The topological polar surface area (TPSA) is 9.23 Å². The van der Waals surface area contributed by atoms with Gasteiger partial charge in [-0.05, 0) is 43.1 Å². The van der Waals surface area contributed by atoms with Crippen LogP contribution in [0.4, 0.5) is 0 Å². The van der Waals surface area contributed by atoms with Gasteiger partial charge in [-0.3, -0.25) is 0 Å². The number of hydrogen-bond donors (Lipinski definition) is 0. The van der Waals surface area contributed by atoms with Gasteiger partial charge in [0.15, 0.2) is 0 Å². The third-order valence-electron chi connectivity index (χ3n) is 3.71. The zero-order valence-electron chi connectivity index (χ0n) is 10.5. The SMILES string of the molecule is C=CCOC[C@H]1CC[C@H](c2ccccc2)CC1. The van der Waals surface area contributed by atoms with Gasteiger partial charge in [0.2, 0.25) is 0 Å². The summed E-state index contributed by atoms with van der Waals surface area (Å²) in [5.41, 5.74) is 1.51. The van der Waals surface area contributed by atoms with E-state index < -0.39 is 0 Å². The Hall–Kier alpha value is -1.08. The minimum absolute atomic E-state index is 0.693. The van der Waals surface area contributed by atoms with Crippen molar-refractivity contribution in [2.45, 2.75) is 31.6 Å². The first-order valence-electron chi connectivity index (χ1n) is 6.63. The Kier molecular flexibility index (Phi) is 4.81. The molecule has 0 aromatic heterocycles. The second-order valence-electron chi connectivity index (χ2n) is 4.95. The minimum atomic E-state index is 0.693. The van der Waals surface area contributed by atoms with Crippen LogP contribution in [0.25, 0.3) is 0 Å². The first kappa shape index (κ1) is 12.4. The second-order valence-corrected chi connectivity index (χ2v) is 4.95. The Morgan fingerprint density at radius 3 is 2.47 bits per heavy atom. The molecule has 0 unspecified atom stereocenters. The molecule has 1 aromatic rings. The van der Waals surface area contributed by atoms with E-state index in [1.165, 1.54) is 31.2 Å². The van der Waals surface area contributed by atoms with Crippen LogP contribution < -0.4 is 0 Å². The van der Waals surface area contributed by atoms with E-state index in [2.05, 4.69) is 36.9 Å². The Morgan fingerprint density at radius 1 is 1.12 bits per heavy atom. The van der Waals surface area contributed by atoms with Crippen LogP contribution in [0.1, 0.15) is 37.2 Å². The van der Waals surface area contributed by atoms with Gasteiger partial charge in [0.1, 0.15) is 0 Å². The highest BCUT2D eigenvalue weighted by Gasteiger charge is 2.21. The summed E-state index contributed by atoms with van der Waals surface area (Å²) in [5.74, 6) is 1.53. The van der Waals surface area contributed by atoms with Crippen molar-refractivity contribution in [3.63, 3.8) is 0 Å². The fraction of sp³-hybridized carbons (Fsp3) is 0.500. The van der Waals surface area contributed by atoms with Crippen molar-refractivity contribution in [2.75, 3.05) is 13.2 Å². The van der Waals surface area contributed by atoms with Crippen molar-refractivity contribution < 1.29 is 4.74 Å². The van der Waals surface area contributed by atoms with Crippen molar-refractivity contribution in [3.05, 3.63) is 48.6 Å². The molecule has 0 heterocycles. The summed E-state index contributed by atoms with van der Waals surface area (Å²) < 4.78 is 5.55. The zero-order valence-corrected chi connectivity index (χ0v) is 10.5. The molecule has 92 valence electrons. The van der Waals surface area contributed by atoms with Gasteiger partial charge in [-0.25, -0.2) is 0 Å². The van der Waals surface area contributed by atoms with Crippen LogP contribution in [0.15, 0.2) is 43.0 Å². The van der Waals surface area contributed by atoms with E-state index in [1.807, 2.05) is 6.08 Å². The summed E-state index contributed by atoms with van der Waals surface area (Å²) in [6.07, 6.45) is 7.06. The Labute approximate surface area is 104 Å². The largest absolute Gasteiger partial charge is 0.377 e. The lowest BCUT2D eigenvalue weighted by Gasteiger charge is -2.28. The van der Waals surface area contributed by atoms with Crippen molar-refractivity contribution in [2.24, 2.45) is 5.92 Å². The monoisotopic (exact) mass is 230 g/mol. The van der Waals surface area contributed by atoms with E-state index in [-0.39, 0.29) is 0 Å². The maximum Gasteiger partial charge on any atom is 0.0644 e. The predicted octanol–water partition coefficient (Wildman–Crippen LogP) is 4.16. The molecule has 1 saturated carbocycles. The average molecular weight is 230 g/mol. The average Bonchev–Trinajstić information content (AvgIpc) is 2.41. The van der Waals surface area contributed by atoms with E-state index in [0.29, 0.717) is 6.61 Å². The molecular formula is C16H22O. The third kappa shape index (κ3) is 3.71. The summed E-state index contributed by atoms with van der Waals surface area (Å²) >= 11 is 0. The van der Waals surface area contributed by atoms with Gasteiger partial charge < -0.3 is 4.74 Å². The quantitative estimate of drug-likeness (QED) is 0.545. The molecule has 17 heavy (non-hydrogen) atoms. The van der Waals surface area contributed by atoms with Crippen LogP contribution in [0.5, 0.6) is 0 Å². The molecule has 0 N–H and O–H groups in total. The third-order valence-corrected chi connectivity index (χ3v) is 3.71. The van der Waals surface area contributed by atoms with Gasteiger partial charge in [-0.1, -0.05) is 36.4 Å². The Bertz CT molecular complexity index is 323. The number of rotatable bonds is 5. The van der Waals surface area contributed by atoms with Gasteiger partial charge in [0.25, 0.3) is 0 Å². The van der Waals surface area contributed by atoms with Crippen LogP contribution in [0.3, 0.4) is 0 Å². The van der Waals surface area contributed by atoms with Crippen molar-refractivity contribution in [1.29, 1.82) is 0 Å². The molecule has 1 aromatic carbocycles. The number of benzene rings is 1. The normalized spacial score (nSPS) is 24.5. The van der Waals surface area contributed by atoms with Crippen LogP contribution in [-0.4, -0.2) is 13.2 Å². The summed E-state index contributed by atoms with van der Waals surface area (Å²) in [6, 6.07) is 10.9. The molecule has 0 aliphatic heterocycles. The predicted molar refractivity (Wildman–Crippen MR) is 72.2 cm³/mol. The van der Waals surface area contributed by atoms with E-state index in [9.17, 15) is 0 Å². The lowest BCUT2D eigenvalue weighted by Crippen LogP contribution is -2.17. The second kappa shape index (κ2) is 6.61. The van der Waals surface area contributed by atoms with Crippen LogP contribution in [0, 0.1) is 5.92 Å². The molecular weight excluding hydrogens is 208 g/mol. The van der Waals surface area contributed by atoms with Crippen LogP contribution in [0.2, 0.25) is 0 Å². The number of hydrogen-bond acceptors (Lipinski definition) is 1. The first-order chi connectivity index (χ1) is 8.40. The number of ether oxygens (including phenoxy) is 1. The molecule has 1 aliphatic rings. The fourth-order valence-corrected chi connectivity index (χ4v) is 2.71. The molecule has 1 fully saturated rings. The standard InChI is InChI=1S/C16H22O/c1-2-12-17-13-14-8-10-16(11-9-14)15-6-4-3-5-7-15/h2-7,14,16H,1,8-13H2/t14-,16-. The van der Waals surface area contributed by atoms with Crippen molar-refractivity contribution >= 4 is 0 Å². The van der Waals surface area contributed by atoms with E-state index in [0.717, 1.165) is 18.4 Å². The molecule has 1 nitrogen and oxygen atoms in total. The van der Waals surface area contributed by atoms with Gasteiger partial charge in [-0.2, -0.15) is 0 Å². The molecule has 2 rings (SSSR count). The molecule has 1 heteroatoms. The summed E-state index contributed by atoms with van der Waals surface area (Å²) in [5, 5.41) is 0. The zero-order chi connectivity index (χ0) is 11.9. The van der Waals surface area contributed by atoms with Gasteiger partial charge in [-0.15, -0.1) is 6.58 Å². The van der Waals surface area contributed by atoms with Crippen LogP contribution >= 0.6 is 0 Å². The lowest BCUT2D eigenvalue weighted by molar-refractivity contribution is 0.102. The van der Waals surface area contributed by atoms with Gasteiger partial charge >= 0.3 is 0 Å². The molecule has 0 atom stereocenters. The van der Waals surface area contributed by atoms with E-state index in [4.69, 9.17) is 4.74 Å². The van der Waals surface area contributed by atoms with Crippen LogP contribution in [-0.2, 0) is 4.74 Å². The maximum atomic E-state index is 5.55. The molecule has 1 aliphatic carbocycles. The molecule has 0 spiro atoms.